The van der Waals surface area contributed by atoms with E-state index >= 15 is 0 Å². The van der Waals surface area contributed by atoms with Gasteiger partial charge >= 0.3 is 0 Å². The van der Waals surface area contributed by atoms with E-state index in [1.165, 1.54) is 47.1 Å². The molecule has 2 aliphatic rings. The third-order valence-electron chi connectivity index (χ3n) is 5.97. The van der Waals surface area contributed by atoms with Crippen molar-refractivity contribution in [3.63, 3.8) is 0 Å². The van der Waals surface area contributed by atoms with Gasteiger partial charge in [0.05, 0.1) is 0 Å². The fraction of sp³-hybridized carbons (Fsp3) is 0.385. The molecule has 0 nitrogen and oxygen atoms in total. The molecule has 0 amide bonds. The molecular weight excluding hydrogens is 312 g/mol. The van der Waals surface area contributed by atoms with Crippen molar-refractivity contribution in [3.8, 4) is 0 Å². The van der Waals surface area contributed by atoms with Crippen LogP contribution in [-0.4, -0.2) is 0 Å². The quantitative estimate of drug-likeness (QED) is 0.547. The molecule has 0 saturated carbocycles. The van der Waals surface area contributed by atoms with Crippen LogP contribution in [0.1, 0.15) is 80.7 Å². The van der Waals surface area contributed by atoms with E-state index in [0.29, 0.717) is 5.92 Å². The smallest absolute Gasteiger partial charge is 0.0284 e. The highest BCUT2D eigenvalue weighted by molar-refractivity contribution is 5.86. The third-order valence-corrected chi connectivity index (χ3v) is 5.97. The second-order valence-electron chi connectivity index (χ2n) is 8.85. The van der Waals surface area contributed by atoms with Crippen molar-refractivity contribution in [1.82, 2.24) is 0 Å². The summed E-state index contributed by atoms with van der Waals surface area (Å²) in [5.74, 6) is 0.419. The number of rotatable bonds is 4. The van der Waals surface area contributed by atoms with Gasteiger partial charge in [0.1, 0.15) is 0 Å². The Morgan fingerprint density at radius 3 is 2.58 bits per heavy atom. The lowest BCUT2D eigenvalue weighted by Crippen LogP contribution is -2.13. The first kappa shape index (κ1) is 17.3. The van der Waals surface area contributed by atoms with E-state index in [1.807, 2.05) is 0 Å². The van der Waals surface area contributed by atoms with E-state index in [1.54, 1.807) is 11.1 Å². The van der Waals surface area contributed by atoms with Crippen LogP contribution in [0.2, 0.25) is 0 Å². The lowest BCUT2D eigenvalue weighted by Gasteiger charge is -2.24. The van der Waals surface area contributed by atoms with E-state index in [0.717, 1.165) is 6.42 Å². The molecule has 0 heteroatoms. The lowest BCUT2D eigenvalue weighted by molar-refractivity contribution is 0.588. The molecule has 0 aliphatic heterocycles. The van der Waals surface area contributed by atoms with Gasteiger partial charge in [0.15, 0.2) is 0 Å². The first-order valence-electron chi connectivity index (χ1n) is 10.1. The fourth-order valence-electron chi connectivity index (χ4n) is 4.70. The first-order valence-corrected chi connectivity index (χ1v) is 10.1. The van der Waals surface area contributed by atoms with E-state index in [-0.39, 0.29) is 5.41 Å². The molecule has 0 spiro atoms. The van der Waals surface area contributed by atoms with Gasteiger partial charge in [-0.15, -0.1) is 0 Å². The molecule has 0 saturated heterocycles. The summed E-state index contributed by atoms with van der Waals surface area (Å²) >= 11 is 0. The lowest BCUT2D eigenvalue weighted by atomic mass is 9.80. The molecular formula is C26H30. The van der Waals surface area contributed by atoms with E-state index in [4.69, 9.17) is 0 Å². The number of hydrogen-bond acceptors (Lipinski definition) is 0. The van der Waals surface area contributed by atoms with Crippen LogP contribution in [-0.2, 0) is 11.8 Å². The highest BCUT2D eigenvalue weighted by atomic mass is 14.4. The van der Waals surface area contributed by atoms with Crippen LogP contribution in [0.4, 0.5) is 0 Å². The third kappa shape index (κ3) is 2.86. The molecule has 0 radical (unpaired) electrons. The predicted octanol–water partition coefficient (Wildman–Crippen LogP) is 7.29. The van der Waals surface area contributed by atoms with Crippen molar-refractivity contribution in [2.24, 2.45) is 0 Å². The summed E-state index contributed by atoms with van der Waals surface area (Å²) in [6, 6.07) is 16.0. The van der Waals surface area contributed by atoms with Gasteiger partial charge in [0.25, 0.3) is 0 Å². The highest BCUT2D eigenvalue weighted by Crippen LogP contribution is 2.49. The average molecular weight is 343 g/mol. The zero-order chi connectivity index (χ0) is 18.3. The number of unbranched alkanes of at least 4 members (excludes halogenated alkanes) is 1. The highest BCUT2D eigenvalue weighted by Gasteiger charge is 2.31. The van der Waals surface area contributed by atoms with Crippen LogP contribution < -0.4 is 0 Å². The van der Waals surface area contributed by atoms with Crippen LogP contribution in [0.5, 0.6) is 0 Å². The minimum absolute atomic E-state index is 0.178. The van der Waals surface area contributed by atoms with E-state index in [2.05, 4.69) is 82.3 Å². The van der Waals surface area contributed by atoms with Gasteiger partial charge in [-0.25, -0.2) is 0 Å². The zero-order valence-electron chi connectivity index (χ0n) is 16.6. The monoisotopic (exact) mass is 342 g/mol. The summed E-state index contributed by atoms with van der Waals surface area (Å²) in [6.45, 7) is 9.25. The molecule has 26 heavy (non-hydrogen) atoms. The largest absolute Gasteiger partial charge is 0.0720 e. The Hall–Kier alpha value is -2.08. The molecule has 0 aromatic heterocycles. The maximum atomic E-state index is 2.45. The van der Waals surface area contributed by atoms with Gasteiger partial charge in [-0.05, 0) is 58.1 Å². The molecule has 0 fully saturated rings. The topological polar surface area (TPSA) is 0 Å². The summed E-state index contributed by atoms with van der Waals surface area (Å²) in [6.07, 6.45) is 9.76. The zero-order valence-corrected chi connectivity index (χ0v) is 16.6. The van der Waals surface area contributed by atoms with Gasteiger partial charge in [0.2, 0.25) is 0 Å². The molecule has 4 rings (SSSR count). The van der Waals surface area contributed by atoms with Crippen LogP contribution >= 0.6 is 0 Å². The molecule has 0 N–H and O–H groups in total. The van der Waals surface area contributed by atoms with E-state index < -0.39 is 0 Å². The van der Waals surface area contributed by atoms with Crippen molar-refractivity contribution >= 4 is 11.6 Å². The second kappa shape index (κ2) is 6.58. The Morgan fingerprint density at radius 1 is 1.00 bits per heavy atom. The molecule has 2 aromatic carbocycles. The Balaban J connectivity index is 1.82. The number of fused-ring (bicyclic) bond motifs is 2. The van der Waals surface area contributed by atoms with Gasteiger partial charge < -0.3 is 0 Å². The normalized spacial score (nSPS) is 18.4. The predicted molar refractivity (Wildman–Crippen MR) is 114 cm³/mol. The summed E-state index contributed by atoms with van der Waals surface area (Å²) in [4.78, 5) is 0. The van der Waals surface area contributed by atoms with Crippen molar-refractivity contribution in [1.29, 1.82) is 0 Å². The van der Waals surface area contributed by atoms with Crippen molar-refractivity contribution in [2.75, 3.05) is 0 Å². The molecule has 0 heterocycles. The number of hydrogen-bond donors (Lipinski definition) is 0. The van der Waals surface area contributed by atoms with Crippen LogP contribution in [0.3, 0.4) is 0 Å². The maximum Gasteiger partial charge on any atom is 0.0284 e. The Kier molecular flexibility index (Phi) is 4.39. The molecule has 1 atom stereocenters. The van der Waals surface area contributed by atoms with Gasteiger partial charge in [-0.3, -0.25) is 0 Å². The second-order valence-corrected chi connectivity index (χ2v) is 8.85. The van der Waals surface area contributed by atoms with E-state index in [9.17, 15) is 0 Å². The molecule has 2 aliphatic carbocycles. The SMILES string of the molecule is CCCCC1=C(C2C=Cc3c2cccc3C(C)(C)C)c2ccccc2C1. The first-order chi connectivity index (χ1) is 12.5. The Bertz CT molecular complexity index is 886. The number of benzene rings is 2. The van der Waals surface area contributed by atoms with Gasteiger partial charge in [-0.1, -0.05) is 94.3 Å². The summed E-state index contributed by atoms with van der Waals surface area (Å²) in [5.41, 5.74) is 10.9. The molecule has 2 aromatic rings. The van der Waals surface area contributed by atoms with Crippen LogP contribution in [0.15, 0.2) is 54.1 Å². The van der Waals surface area contributed by atoms with Crippen LogP contribution in [0.25, 0.3) is 11.6 Å². The molecule has 134 valence electrons. The van der Waals surface area contributed by atoms with Gasteiger partial charge in [-0.2, -0.15) is 0 Å². The summed E-state index contributed by atoms with van der Waals surface area (Å²) in [5, 5.41) is 0. The Labute approximate surface area is 158 Å². The van der Waals surface area contributed by atoms with Crippen molar-refractivity contribution in [3.05, 3.63) is 81.9 Å². The standard InChI is InChI=1S/C26H30/c1-5-6-10-19-17-18-11-7-8-12-20(18)25(19)23-16-15-22-21(23)13-9-14-24(22)26(2,3)4/h7-9,11-16,23H,5-6,10,17H2,1-4H3. The fourth-order valence-corrected chi connectivity index (χ4v) is 4.70. The van der Waals surface area contributed by atoms with Crippen molar-refractivity contribution < 1.29 is 0 Å². The maximum absolute atomic E-state index is 2.45. The Morgan fingerprint density at radius 2 is 1.81 bits per heavy atom. The summed E-state index contributed by atoms with van der Waals surface area (Å²) < 4.78 is 0. The molecule has 1 unspecified atom stereocenters. The van der Waals surface area contributed by atoms with Crippen LogP contribution in [0, 0.1) is 0 Å². The minimum atomic E-state index is 0.178. The van der Waals surface area contributed by atoms with Gasteiger partial charge in [0, 0.05) is 5.92 Å². The number of allylic oxidation sites excluding steroid dienone is 3. The average Bonchev–Trinajstić information content (AvgIpc) is 3.19. The van der Waals surface area contributed by atoms with Crippen molar-refractivity contribution in [2.45, 2.75) is 64.7 Å². The summed E-state index contributed by atoms with van der Waals surface area (Å²) in [7, 11) is 0. The molecule has 0 bridgehead atoms. The minimum Gasteiger partial charge on any atom is -0.0720 e.